The Morgan fingerprint density at radius 3 is 2.48 bits per heavy atom. The third kappa shape index (κ3) is 5.23. The predicted molar refractivity (Wildman–Crippen MR) is 72.9 cm³/mol. The highest BCUT2D eigenvalue weighted by Crippen LogP contribution is 2.11. The molecular formula is C14H17NO6. The number of methoxy groups -OCH3 is 1. The minimum Gasteiger partial charge on any atom is -0.481 e. The van der Waals surface area contributed by atoms with Crippen LogP contribution in [0, 0.1) is 0 Å². The quantitative estimate of drug-likeness (QED) is 0.656. The van der Waals surface area contributed by atoms with Crippen molar-refractivity contribution >= 4 is 17.8 Å². The number of hydrogen-bond acceptors (Lipinski definition) is 4. The maximum absolute atomic E-state index is 12.1. The molecule has 3 N–H and O–H groups in total. The second kappa shape index (κ2) is 8.01. The molecule has 1 atom stereocenters. The van der Waals surface area contributed by atoms with Crippen LogP contribution in [-0.2, 0) is 20.9 Å². The number of amides is 1. The smallest absolute Gasteiger partial charge is 0.326 e. The molecule has 0 aliphatic rings. The highest BCUT2D eigenvalue weighted by molar-refractivity contribution is 5.97. The molecule has 0 radical (unpaired) electrons. The van der Waals surface area contributed by atoms with Gasteiger partial charge in [0.05, 0.1) is 6.61 Å². The average Bonchev–Trinajstić information content (AvgIpc) is 2.43. The van der Waals surface area contributed by atoms with E-state index < -0.39 is 23.9 Å². The Bertz CT molecular complexity index is 528. The molecule has 0 saturated heterocycles. The number of carboxylic acids is 2. The molecule has 0 heterocycles. The van der Waals surface area contributed by atoms with Gasteiger partial charge in [0.15, 0.2) is 0 Å². The van der Waals surface area contributed by atoms with E-state index in [1.54, 1.807) is 24.3 Å². The van der Waals surface area contributed by atoms with Crippen molar-refractivity contribution in [3.63, 3.8) is 0 Å². The first-order chi connectivity index (χ1) is 9.95. The molecule has 1 aromatic carbocycles. The number of ether oxygens (including phenoxy) is 1. The Morgan fingerprint density at radius 1 is 1.24 bits per heavy atom. The summed E-state index contributed by atoms with van der Waals surface area (Å²) < 4.78 is 4.98. The molecule has 0 saturated carbocycles. The number of hydrogen-bond donors (Lipinski definition) is 3. The standard InChI is InChI=1S/C14H17NO6/c1-21-8-9-4-2-3-5-10(9)13(18)15-11(14(19)20)6-7-12(16)17/h2-5,11H,6-8H2,1H3,(H,15,18)(H,16,17)(H,19,20)/t11-/m0/s1. The molecule has 0 bridgehead atoms. The lowest BCUT2D eigenvalue weighted by molar-refractivity contribution is -0.140. The number of aliphatic carboxylic acids is 2. The fraction of sp³-hybridized carbons (Fsp3) is 0.357. The van der Waals surface area contributed by atoms with Crippen LogP contribution >= 0.6 is 0 Å². The molecule has 0 aliphatic heterocycles. The lowest BCUT2D eigenvalue weighted by Crippen LogP contribution is -2.41. The van der Waals surface area contributed by atoms with Gasteiger partial charge in [-0.15, -0.1) is 0 Å². The minimum absolute atomic E-state index is 0.178. The fourth-order valence-electron chi connectivity index (χ4n) is 1.78. The van der Waals surface area contributed by atoms with Gasteiger partial charge < -0.3 is 20.3 Å². The molecule has 0 spiro atoms. The van der Waals surface area contributed by atoms with Crippen LogP contribution < -0.4 is 5.32 Å². The van der Waals surface area contributed by atoms with Gasteiger partial charge >= 0.3 is 11.9 Å². The van der Waals surface area contributed by atoms with Gasteiger partial charge in [-0.1, -0.05) is 18.2 Å². The van der Waals surface area contributed by atoms with E-state index in [9.17, 15) is 14.4 Å². The molecule has 114 valence electrons. The van der Waals surface area contributed by atoms with Crippen molar-refractivity contribution in [3.05, 3.63) is 35.4 Å². The van der Waals surface area contributed by atoms with E-state index in [2.05, 4.69) is 5.32 Å². The highest BCUT2D eigenvalue weighted by atomic mass is 16.5. The van der Waals surface area contributed by atoms with Gasteiger partial charge in [0.2, 0.25) is 0 Å². The number of nitrogens with one attached hydrogen (secondary N) is 1. The maximum Gasteiger partial charge on any atom is 0.326 e. The summed E-state index contributed by atoms with van der Waals surface area (Å²) in [5.41, 5.74) is 0.931. The van der Waals surface area contributed by atoms with E-state index in [1.165, 1.54) is 7.11 Å². The second-order valence-corrected chi connectivity index (χ2v) is 4.39. The number of benzene rings is 1. The van der Waals surface area contributed by atoms with Crippen LogP contribution in [0.4, 0.5) is 0 Å². The van der Waals surface area contributed by atoms with Crippen molar-refractivity contribution in [2.75, 3.05) is 7.11 Å². The van der Waals surface area contributed by atoms with Crippen molar-refractivity contribution in [2.24, 2.45) is 0 Å². The molecule has 1 aromatic rings. The van der Waals surface area contributed by atoms with Crippen molar-refractivity contribution in [1.29, 1.82) is 0 Å². The topological polar surface area (TPSA) is 113 Å². The van der Waals surface area contributed by atoms with Crippen LogP contribution in [-0.4, -0.2) is 41.2 Å². The van der Waals surface area contributed by atoms with Gasteiger partial charge in [-0.25, -0.2) is 4.79 Å². The molecule has 0 fully saturated rings. The van der Waals surface area contributed by atoms with E-state index in [0.29, 0.717) is 11.1 Å². The minimum atomic E-state index is -1.27. The third-order valence-electron chi connectivity index (χ3n) is 2.81. The van der Waals surface area contributed by atoms with Gasteiger partial charge in [-0.2, -0.15) is 0 Å². The Balaban J connectivity index is 2.82. The summed E-state index contributed by atoms with van der Waals surface area (Å²) in [6.07, 6.45) is -0.514. The molecule has 0 unspecified atom stereocenters. The zero-order valence-electron chi connectivity index (χ0n) is 11.5. The van der Waals surface area contributed by atoms with Gasteiger partial charge in [-0.05, 0) is 18.1 Å². The van der Waals surface area contributed by atoms with Crippen LogP contribution in [0.15, 0.2) is 24.3 Å². The molecule has 1 rings (SSSR count). The van der Waals surface area contributed by atoms with Crippen LogP contribution in [0.2, 0.25) is 0 Å². The number of carbonyl (C=O) groups excluding carboxylic acids is 1. The van der Waals surface area contributed by atoms with Crippen LogP contribution in [0.25, 0.3) is 0 Å². The maximum atomic E-state index is 12.1. The fourth-order valence-corrected chi connectivity index (χ4v) is 1.78. The third-order valence-corrected chi connectivity index (χ3v) is 2.81. The zero-order chi connectivity index (χ0) is 15.8. The van der Waals surface area contributed by atoms with E-state index in [4.69, 9.17) is 14.9 Å². The van der Waals surface area contributed by atoms with Crippen molar-refractivity contribution in [3.8, 4) is 0 Å². The van der Waals surface area contributed by atoms with E-state index in [-0.39, 0.29) is 19.4 Å². The summed E-state index contributed by atoms with van der Waals surface area (Å²) >= 11 is 0. The first kappa shape index (κ1) is 16.6. The van der Waals surface area contributed by atoms with Crippen molar-refractivity contribution in [1.82, 2.24) is 5.32 Å². The van der Waals surface area contributed by atoms with Gasteiger partial charge in [0.25, 0.3) is 5.91 Å². The summed E-state index contributed by atoms with van der Waals surface area (Å²) in [4.78, 5) is 33.7. The predicted octanol–water partition coefficient (Wildman–Crippen LogP) is 0.881. The SMILES string of the molecule is COCc1ccccc1C(=O)N[C@@H](CCC(=O)O)C(=O)O. The van der Waals surface area contributed by atoms with Gasteiger partial charge in [0.1, 0.15) is 6.04 Å². The molecule has 0 aliphatic carbocycles. The highest BCUT2D eigenvalue weighted by Gasteiger charge is 2.22. The van der Waals surface area contributed by atoms with Crippen molar-refractivity contribution in [2.45, 2.75) is 25.5 Å². The first-order valence-corrected chi connectivity index (χ1v) is 6.28. The Kier molecular flexibility index (Phi) is 6.35. The normalized spacial score (nSPS) is 11.7. The number of rotatable bonds is 8. The van der Waals surface area contributed by atoms with Crippen LogP contribution in [0.3, 0.4) is 0 Å². The number of carbonyl (C=O) groups is 3. The summed E-state index contributed by atoms with van der Waals surface area (Å²) in [6.45, 7) is 0.219. The van der Waals surface area contributed by atoms with Gasteiger partial charge in [0, 0.05) is 19.1 Å². The van der Waals surface area contributed by atoms with E-state index >= 15 is 0 Å². The van der Waals surface area contributed by atoms with Crippen LogP contribution in [0.5, 0.6) is 0 Å². The number of carboxylic acid groups (broad SMARTS) is 2. The molecule has 7 nitrogen and oxygen atoms in total. The lowest BCUT2D eigenvalue weighted by atomic mass is 10.1. The first-order valence-electron chi connectivity index (χ1n) is 6.28. The Hall–Kier alpha value is -2.41. The van der Waals surface area contributed by atoms with E-state index in [0.717, 1.165) is 0 Å². The zero-order valence-corrected chi connectivity index (χ0v) is 11.5. The lowest BCUT2D eigenvalue weighted by Gasteiger charge is -2.15. The van der Waals surface area contributed by atoms with Gasteiger partial charge in [-0.3, -0.25) is 9.59 Å². The molecule has 21 heavy (non-hydrogen) atoms. The molecule has 7 heteroatoms. The molecular weight excluding hydrogens is 278 g/mol. The Labute approximate surface area is 121 Å². The largest absolute Gasteiger partial charge is 0.481 e. The van der Waals surface area contributed by atoms with Crippen molar-refractivity contribution < 1.29 is 29.3 Å². The molecule has 1 amide bonds. The monoisotopic (exact) mass is 295 g/mol. The summed E-state index contributed by atoms with van der Waals surface area (Å²) in [5, 5.41) is 19.9. The van der Waals surface area contributed by atoms with E-state index in [1.807, 2.05) is 0 Å². The second-order valence-electron chi connectivity index (χ2n) is 4.39. The Morgan fingerprint density at radius 2 is 1.90 bits per heavy atom. The molecule has 0 aromatic heterocycles. The van der Waals surface area contributed by atoms with Crippen LogP contribution in [0.1, 0.15) is 28.8 Å². The summed E-state index contributed by atoms with van der Waals surface area (Å²) in [6, 6.07) is 5.40. The summed E-state index contributed by atoms with van der Waals surface area (Å²) in [5.74, 6) is -2.95. The summed E-state index contributed by atoms with van der Waals surface area (Å²) in [7, 11) is 1.49. The average molecular weight is 295 g/mol.